The molecule has 2 rings (SSSR count). The van der Waals surface area contributed by atoms with Crippen LogP contribution in [0.25, 0.3) is 0 Å². The Morgan fingerprint density at radius 3 is 2.28 bits per heavy atom. The van der Waals surface area contributed by atoms with Crippen LogP contribution in [0, 0.1) is 6.92 Å². The monoisotopic (exact) mass is 472 g/mol. The van der Waals surface area contributed by atoms with E-state index in [-0.39, 0.29) is 23.5 Å². The molecule has 2 aromatic carbocycles. The Morgan fingerprint density at radius 2 is 1.69 bits per heavy atom. The van der Waals surface area contributed by atoms with Gasteiger partial charge in [0.15, 0.2) is 6.61 Å². The van der Waals surface area contributed by atoms with E-state index >= 15 is 0 Å². The van der Waals surface area contributed by atoms with Crippen LogP contribution in [0.2, 0.25) is 0 Å². The summed E-state index contributed by atoms with van der Waals surface area (Å²) in [5, 5.41) is 2.06. The number of amides is 1. The maximum absolute atomic E-state index is 13.0. The van der Waals surface area contributed by atoms with Gasteiger partial charge < -0.3 is 10.1 Å². The molecule has 1 N–H and O–H groups in total. The van der Waals surface area contributed by atoms with Crippen molar-refractivity contribution in [1.82, 2.24) is 4.31 Å². The summed E-state index contributed by atoms with van der Waals surface area (Å²) in [5.74, 6) is -1.96. The van der Waals surface area contributed by atoms with Gasteiger partial charge in [0.05, 0.1) is 21.7 Å². The summed E-state index contributed by atoms with van der Waals surface area (Å²) in [5.41, 5.74) is -1.19. The van der Waals surface area contributed by atoms with Crippen molar-refractivity contribution in [2.24, 2.45) is 0 Å². The zero-order chi connectivity index (χ0) is 24.1. The first kappa shape index (κ1) is 25.3. The van der Waals surface area contributed by atoms with Gasteiger partial charge in [-0.1, -0.05) is 32.0 Å². The lowest BCUT2D eigenvalue weighted by atomic mass is 10.1. The highest BCUT2D eigenvalue weighted by atomic mass is 32.2. The van der Waals surface area contributed by atoms with Gasteiger partial charge in [0.2, 0.25) is 10.0 Å². The Morgan fingerprint density at radius 1 is 1.06 bits per heavy atom. The number of hydrogen-bond acceptors (Lipinski definition) is 5. The molecule has 32 heavy (non-hydrogen) atoms. The average Bonchev–Trinajstić information content (AvgIpc) is 2.72. The van der Waals surface area contributed by atoms with Crippen LogP contribution in [-0.2, 0) is 25.7 Å². The molecule has 0 atom stereocenters. The number of carbonyl (C=O) groups excluding carboxylic acids is 2. The highest BCUT2D eigenvalue weighted by molar-refractivity contribution is 7.89. The van der Waals surface area contributed by atoms with Crippen molar-refractivity contribution in [1.29, 1.82) is 0 Å². The molecule has 0 heterocycles. The molecule has 0 aliphatic carbocycles. The number of rotatable bonds is 8. The smallest absolute Gasteiger partial charge is 0.418 e. The second-order valence-corrected chi connectivity index (χ2v) is 8.64. The first-order chi connectivity index (χ1) is 14.9. The molecule has 0 saturated heterocycles. The molecular formula is C21H23F3N2O5S. The van der Waals surface area contributed by atoms with Gasteiger partial charge in [-0.25, -0.2) is 13.2 Å². The average molecular weight is 472 g/mol. The zero-order valence-corrected chi connectivity index (χ0v) is 18.5. The van der Waals surface area contributed by atoms with E-state index in [1.54, 1.807) is 20.8 Å². The number of alkyl halides is 3. The van der Waals surface area contributed by atoms with Crippen molar-refractivity contribution in [2.75, 3.05) is 25.0 Å². The van der Waals surface area contributed by atoms with Gasteiger partial charge in [0, 0.05) is 13.1 Å². The van der Waals surface area contributed by atoms with Crippen LogP contribution in [0.5, 0.6) is 0 Å². The number of esters is 1. The molecule has 1 amide bonds. The number of halogens is 3. The first-order valence-electron chi connectivity index (χ1n) is 9.65. The molecule has 0 saturated carbocycles. The van der Waals surface area contributed by atoms with Crippen LogP contribution in [0.15, 0.2) is 47.4 Å². The maximum Gasteiger partial charge on any atom is 0.418 e. The largest absolute Gasteiger partial charge is 0.452 e. The fraction of sp³-hybridized carbons (Fsp3) is 0.333. The van der Waals surface area contributed by atoms with Crippen LogP contribution < -0.4 is 5.32 Å². The number of carbonyl (C=O) groups is 2. The van der Waals surface area contributed by atoms with Gasteiger partial charge >= 0.3 is 12.1 Å². The summed E-state index contributed by atoms with van der Waals surface area (Å²) < 4.78 is 70.7. The van der Waals surface area contributed by atoms with E-state index < -0.39 is 45.9 Å². The van der Waals surface area contributed by atoms with Crippen molar-refractivity contribution >= 4 is 27.6 Å². The van der Waals surface area contributed by atoms with E-state index in [0.29, 0.717) is 5.56 Å². The second-order valence-electron chi connectivity index (χ2n) is 6.74. The fourth-order valence-corrected chi connectivity index (χ4v) is 4.66. The van der Waals surface area contributed by atoms with Gasteiger partial charge in [0.25, 0.3) is 5.91 Å². The number of anilines is 1. The number of para-hydroxylation sites is 1. The summed E-state index contributed by atoms with van der Waals surface area (Å²) in [4.78, 5) is 24.3. The molecule has 11 heteroatoms. The molecule has 0 spiro atoms. The Kier molecular flexibility index (Phi) is 8.02. The third-order valence-electron chi connectivity index (χ3n) is 4.59. The third-order valence-corrected chi connectivity index (χ3v) is 6.78. The predicted octanol–water partition coefficient (Wildman–Crippen LogP) is 3.84. The highest BCUT2D eigenvalue weighted by Gasteiger charge is 2.33. The SMILES string of the molecule is CCN(CC)S(=O)(=O)c1cc(C(=O)OCC(=O)Nc2ccccc2C(F)(F)F)ccc1C. The Bertz CT molecular complexity index is 1100. The van der Waals surface area contributed by atoms with E-state index in [4.69, 9.17) is 4.74 Å². The normalized spacial score (nSPS) is 12.0. The summed E-state index contributed by atoms with van der Waals surface area (Å²) >= 11 is 0. The van der Waals surface area contributed by atoms with Crippen LogP contribution in [0.3, 0.4) is 0 Å². The van der Waals surface area contributed by atoms with Crippen LogP contribution in [-0.4, -0.2) is 44.3 Å². The van der Waals surface area contributed by atoms with E-state index in [1.807, 2.05) is 0 Å². The van der Waals surface area contributed by atoms with Gasteiger partial charge in [-0.3, -0.25) is 4.79 Å². The summed E-state index contributed by atoms with van der Waals surface area (Å²) in [6.45, 7) is 4.58. The molecule has 0 fully saturated rings. The lowest BCUT2D eigenvalue weighted by Gasteiger charge is -2.20. The van der Waals surface area contributed by atoms with Crippen molar-refractivity contribution in [3.05, 3.63) is 59.2 Å². The maximum atomic E-state index is 13.0. The Hall–Kier alpha value is -2.92. The summed E-state index contributed by atoms with van der Waals surface area (Å²) in [6.07, 6.45) is -4.67. The lowest BCUT2D eigenvalue weighted by molar-refractivity contribution is -0.137. The number of ether oxygens (including phenoxy) is 1. The summed E-state index contributed by atoms with van der Waals surface area (Å²) in [7, 11) is -3.84. The second kappa shape index (κ2) is 10.1. The van der Waals surface area contributed by atoms with Crippen LogP contribution in [0.1, 0.15) is 35.3 Å². The van der Waals surface area contributed by atoms with Crippen molar-refractivity contribution in [3.63, 3.8) is 0 Å². The van der Waals surface area contributed by atoms with Gasteiger partial charge in [-0.15, -0.1) is 0 Å². The standard InChI is InChI=1S/C21H23F3N2O5S/c1-4-26(5-2)32(29,30)18-12-15(11-10-14(18)3)20(28)31-13-19(27)25-17-9-7-6-8-16(17)21(22,23)24/h6-12H,4-5,13H2,1-3H3,(H,25,27). The number of nitrogens with zero attached hydrogens (tertiary/aromatic N) is 1. The van der Waals surface area contributed by atoms with Crippen molar-refractivity contribution < 1.29 is 35.9 Å². The molecule has 0 aliphatic rings. The number of benzene rings is 2. The first-order valence-corrected chi connectivity index (χ1v) is 11.1. The van der Waals surface area contributed by atoms with Gasteiger partial charge in [0.1, 0.15) is 0 Å². The Labute approximate surface area is 184 Å². The van der Waals surface area contributed by atoms with Gasteiger partial charge in [-0.05, 0) is 36.8 Å². The minimum absolute atomic E-state index is 0.0702. The molecule has 0 aromatic heterocycles. The fourth-order valence-electron chi connectivity index (χ4n) is 2.95. The lowest BCUT2D eigenvalue weighted by Crippen LogP contribution is -2.31. The molecular weight excluding hydrogens is 449 g/mol. The predicted molar refractivity (Wildman–Crippen MR) is 112 cm³/mol. The molecule has 0 aliphatic heterocycles. The topological polar surface area (TPSA) is 92.8 Å². The minimum atomic E-state index is -4.67. The van der Waals surface area contributed by atoms with E-state index in [1.165, 1.54) is 28.6 Å². The number of aryl methyl sites for hydroxylation is 1. The third kappa shape index (κ3) is 5.86. The number of sulfonamides is 1. The van der Waals surface area contributed by atoms with Crippen LogP contribution in [0.4, 0.5) is 18.9 Å². The molecule has 2 aromatic rings. The highest BCUT2D eigenvalue weighted by Crippen LogP contribution is 2.34. The van der Waals surface area contributed by atoms with Crippen molar-refractivity contribution in [3.8, 4) is 0 Å². The molecule has 7 nitrogen and oxygen atoms in total. The van der Waals surface area contributed by atoms with Gasteiger partial charge in [-0.2, -0.15) is 17.5 Å². The Balaban J connectivity index is 2.14. The van der Waals surface area contributed by atoms with Crippen molar-refractivity contribution in [2.45, 2.75) is 31.8 Å². The summed E-state index contributed by atoms with van der Waals surface area (Å²) in [6, 6.07) is 8.32. The minimum Gasteiger partial charge on any atom is -0.452 e. The van der Waals surface area contributed by atoms with E-state index in [9.17, 15) is 31.2 Å². The molecule has 0 bridgehead atoms. The zero-order valence-electron chi connectivity index (χ0n) is 17.7. The molecule has 0 radical (unpaired) electrons. The molecule has 174 valence electrons. The molecule has 0 unspecified atom stereocenters. The number of hydrogen-bond donors (Lipinski definition) is 1. The number of nitrogens with one attached hydrogen (secondary N) is 1. The van der Waals surface area contributed by atoms with E-state index in [2.05, 4.69) is 5.32 Å². The van der Waals surface area contributed by atoms with Crippen LogP contribution >= 0.6 is 0 Å². The quantitative estimate of drug-likeness (QED) is 0.590. The van der Waals surface area contributed by atoms with E-state index in [0.717, 1.165) is 18.2 Å².